The summed E-state index contributed by atoms with van der Waals surface area (Å²) in [6.45, 7) is -0.294. The maximum atomic E-state index is 13.6. The number of imide groups is 1. The first kappa shape index (κ1) is 14.4. The van der Waals surface area contributed by atoms with Gasteiger partial charge in [0.2, 0.25) is 0 Å². The summed E-state index contributed by atoms with van der Waals surface area (Å²) in [4.78, 5) is 24.2. The zero-order valence-electron chi connectivity index (χ0n) is 11.0. The van der Waals surface area contributed by atoms with E-state index in [9.17, 15) is 14.0 Å². The predicted molar refractivity (Wildman–Crippen MR) is 67.4 cm³/mol. The predicted octanol–water partition coefficient (Wildman–Crippen LogP) is 0.219. The van der Waals surface area contributed by atoms with Crippen LogP contribution in [0.2, 0.25) is 0 Å². The molecule has 0 aromatic heterocycles. The fourth-order valence-electron chi connectivity index (χ4n) is 1.94. The van der Waals surface area contributed by atoms with Crippen molar-refractivity contribution in [2.45, 2.75) is 6.04 Å². The van der Waals surface area contributed by atoms with Crippen LogP contribution >= 0.6 is 0 Å². The number of carbonyl (C=O) groups is 2. The molecule has 1 fully saturated rings. The number of rotatable bonds is 4. The smallest absolute Gasteiger partial charge is 0.255 e. The average molecular weight is 282 g/mol. The van der Waals surface area contributed by atoms with Crippen molar-refractivity contribution in [3.8, 4) is 5.75 Å². The van der Waals surface area contributed by atoms with E-state index in [1.54, 1.807) is 6.07 Å². The standard InChI is InChI=1S/C13H15FN2O4/c1-19-11-3-2-8(4-9(11)14)10(15)5-16-12(17)6-20-7-13(16)18/h2-4,10H,5-7,15H2,1H3. The number of morpholine rings is 1. The first-order valence-corrected chi connectivity index (χ1v) is 6.03. The third-order valence-corrected chi connectivity index (χ3v) is 3.04. The minimum Gasteiger partial charge on any atom is -0.494 e. The Hall–Kier alpha value is -1.99. The zero-order valence-corrected chi connectivity index (χ0v) is 11.0. The second-order valence-corrected chi connectivity index (χ2v) is 4.39. The lowest BCUT2D eigenvalue weighted by molar-refractivity contribution is -0.158. The van der Waals surface area contributed by atoms with Crippen LogP contribution in [-0.4, -0.2) is 43.6 Å². The first-order valence-electron chi connectivity index (χ1n) is 6.03. The van der Waals surface area contributed by atoms with E-state index < -0.39 is 23.7 Å². The summed E-state index contributed by atoms with van der Waals surface area (Å²) in [5.74, 6) is -1.31. The van der Waals surface area contributed by atoms with Crippen LogP contribution in [-0.2, 0) is 14.3 Å². The Morgan fingerprint density at radius 1 is 1.40 bits per heavy atom. The molecule has 7 heteroatoms. The van der Waals surface area contributed by atoms with Gasteiger partial charge in [-0.1, -0.05) is 6.07 Å². The van der Waals surface area contributed by atoms with Gasteiger partial charge >= 0.3 is 0 Å². The van der Waals surface area contributed by atoms with Crippen LogP contribution < -0.4 is 10.5 Å². The second kappa shape index (κ2) is 5.98. The minimum atomic E-state index is -0.665. The Bertz CT molecular complexity index is 519. The molecule has 1 atom stereocenters. The van der Waals surface area contributed by atoms with Gasteiger partial charge in [0.25, 0.3) is 11.8 Å². The summed E-state index contributed by atoms with van der Waals surface area (Å²) >= 11 is 0. The van der Waals surface area contributed by atoms with Crippen molar-refractivity contribution in [2.75, 3.05) is 26.9 Å². The molecule has 0 aliphatic carbocycles. The van der Waals surface area contributed by atoms with E-state index in [4.69, 9.17) is 15.2 Å². The van der Waals surface area contributed by atoms with Crippen molar-refractivity contribution in [1.82, 2.24) is 4.90 Å². The van der Waals surface area contributed by atoms with Crippen LogP contribution in [0.1, 0.15) is 11.6 Å². The van der Waals surface area contributed by atoms with Crippen molar-refractivity contribution >= 4 is 11.8 Å². The Morgan fingerprint density at radius 2 is 2.05 bits per heavy atom. The number of methoxy groups -OCH3 is 1. The van der Waals surface area contributed by atoms with Crippen molar-refractivity contribution in [3.63, 3.8) is 0 Å². The van der Waals surface area contributed by atoms with Crippen molar-refractivity contribution in [2.24, 2.45) is 5.73 Å². The molecular formula is C13H15FN2O4. The average Bonchev–Trinajstić information content (AvgIpc) is 2.42. The third-order valence-electron chi connectivity index (χ3n) is 3.04. The molecule has 108 valence electrons. The van der Waals surface area contributed by atoms with E-state index in [2.05, 4.69) is 0 Å². The summed E-state index contributed by atoms with van der Waals surface area (Å²) in [7, 11) is 1.36. The van der Waals surface area contributed by atoms with Crippen LogP contribution in [0.15, 0.2) is 18.2 Å². The summed E-state index contributed by atoms with van der Waals surface area (Å²) in [6, 6.07) is 3.62. The second-order valence-electron chi connectivity index (χ2n) is 4.39. The van der Waals surface area contributed by atoms with Gasteiger partial charge in [-0.15, -0.1) is 0 Å². The van der Waals surface area contributed by atoms with E-state index >= 15 is 0 Å². The maximum absolute atomic E-state index is 13.6. The van der Waals surface area contributed by atoms with Gasteiger partial charge in [-0.05, 0) is 17.7 Å². The Kier molecular flexibility index (Phi) is 4.31. The number of benzene rings is 1. The van der Waals surface area contributed by atoms with E-state index in [1.165, 1.54) is 19.2 Å². The molecule has 0 saturated carbocycles. The highest BCUT2D eigenvalue weighted by Gasteiger charge is 2.28. The Morgan fingerprint density at radius 3 is 2.60 bits per heavy atom. The van der Waals surface area contributed by atoms with Gasteiger partial charge in [-0.3, -0.25) is 14.5 Å². The largest absolute Gasteiger partial charge is 0.494 e. The van der Waals surface area contributed by atoms with Gasteiger partial charge < -0.3 is 15.2 Å². The number of hydrogen-bond donors (Lipinski definition) is 1. The van der Waals surface area contributed by atoms with Crippen molar-refractivity contribution in [1.29, 1.82) is 0 Å². The first-order chi connectivity index (χ1) is 9.52. The highest BCUT2D eigenvalue weighted by Crippen LogP contribution is 2.21. The number of nitrogens with two attached hydrogens (primary N) is 1. The fraction of sp³-hybridized carbons (Fsp3) is 0.385. The van der Waals surface area contributed by atoms with Crippen molar-refractivity contribution < 1.29 is 23.5 Å². The van der Waals surface area contributed by atoms with Crippen LogP contribution in [0.3, 0.4) is 0 Å². The Labute approximate surface area is 115 Å². The zero-order chi connectivity index (χ0) is 14.7. The number of amides is 2. The van der Waals surface area contributed by atoms with Gasteiger partial charge in [-0.2, -0.15) is 0 Å². The molecule has 20 heavy (non-hydrogen) atoms. The van der Waals surface area contributed by atoms with Gasteiger partial charge in [0.1, 0.15) is 13.2 Å². The van der Waals surface area contributed by atoms with Gasteiger partial charge in [0.05, 0.1) is 7.11 Å². The summed E-state index contributed by atoms with van der Waals surface area (Å²) in [5.41, 5.74) is 6.40. The molecule has 1 aromatic rings. The molecule has 2 amide bonds. The molecule has 1 aliphatic heterocycles. The molecule has 1 saturated heterocycles. The fourth-order valence-corrected chi connectivity index (χ4v) is 1.94. The number of hydrogen-bond acceptors (Lipinski definition) is 5. The highest BCUT2D eigenvalue weighted by molar-refractivity contribution is 5.98. The molecule has 1 unspecified atom stereocenters. The number of halogens is 1. The molecule has 2 N–H and O–H groups in total. The highest BCUT2D eigenvalue weighted by atomic mass is 19.1. The third kappa shape index (κ3) is 2.94. The minimum absolute atomic E-state index is 0.00715. The molecule has 2 rings (SSSR count). The van der Waals surface area contributed by atoms with E-state index in [0.717, 1.165) is 4.90 Å². The maximum Gasteiger partial charge on any atom is 0.255 e. The van der Waals surface area contributed by atoms with Crippen molar-refractivity contribution in [3.05, 3.63) is 29.6 Å². The molecule has 6 nitrogen and oxygen atoms in total. The van der Waals surface area contributed by atoms with Crippen LogP contribution in [0.5, 0.6) is 5.75 Å². The van der Waals surface area contributed by atoms with E-state index in [0.29, 0.717) is 5.56 Å². The van der Waals surface area contributed by atoms with Gasteiger partial charge in [-0.25, -0.2) is 4.39 Å². The number of carbonyl (C=O) groups excluding carboxylic acids is 2. The SMILES string of the molecule is COc1ccc(C(N)CN2C(=O)COCC2=O)cc1F. The monoisotopic (exact) mass is 282 g/mol. The molecule has 0 bridgehead atoms. The molecule has 1 aliphatic rings. The van der Waals surface area contributed by atoms with E-state index in [-0.39, 0.29) is 25.5 Å². The van der Waals surface area contributed by atoms with Crippen LogP contribution in [0.25, 0.3) is 0 Å². The van der Waals surface area contributed by atoms with Crippen LogP contribution in [0.4, 0.5) is 4.39 Å². The molecule has 0 radical (unpaired) electrons. The van der Waals surface area contributed by atoms with Crippen LogP contribution in [0, 0.1) is 5.82 Å². The van der Waals surface area contributed by atoms with Gasteiger partial charge in [0, 0.05) is 12.6 Å². The van der Waals surface area contributed by atoms with E-state index in [1.807, 2.05) is 0 Å². The lowest BCUT2D eigenvalue weighted by atomic mass is 10.1. The quantitative estimate of drug-likeness (QED) is 0.799. The normalized spacial score (nSPS) is 17.2. The molecule has 1 aromatic carbocycles. The molecule has 1 heterocycles. The number of nitrogens with zero attached hydrogens (tertiary/aromatic N) is 1. The lowest BCUT2D eigenvalue weighted by Gasteiger charge is -2.27. The topological polar surface area (TPSA) is 81.9 Å². The summed E-state index contributed by atoms with van der Waals surface area (Å²) in [5, 5.41) is 0. The molecular weight excluding hydrogens is 267 g/mol. The summed E-state index contributed by atoms with van der Waals surface area (Å²) < 4.78 is 23.2. The Balaban J connectivity index is 2.11. The molecule has 0 spiro atoms. The van der Waals surface area contributed by atoms with Gasteiger partial charge in [0.15, 0.2) is 11.6 Å². The number of ether oxygens (including phenoxy) is 2. The summed E-state index contributed by atoms with van der Waals surface area (Å²) in [6.07, 6.45) is 0. The lowest BCUT2D eigenvalue weighted by Crippen LogP contribution is -2.48.